The van der Waals surface area contributed by atoms with E-state index < -0.39 is 14.9 Å². The van der Waals surface area contributed by atoms with Gasteiger partial charge in [0.15, 0.2) is 0 Å². The molecule has 2 aromatic rings. The highest BCUT2D eigenvalue weighted by molar-refractivity contribution is 7.89. The quantitative estimate of drug-likeness (QED) is 0.570. The predicted molar refractivity (Wildman–Crippen MR) is 106 cm³/mol. The van der Waals surface area contributed by atoms with E-state index >= 15 is 0 Å². The number of likely N-dealkylation sites (N-methyl/N-ethyl adjacent to an activating group) is 1. The average Bonchev–Trinajstić information content (AvgIpc) is 2.62. The fraction of sp³-hybridized carbons (Fsp3) is 0.333. The van der Waals surface area contributed by atoms with Crippen LogP contribution in [0.4, 0.5) is 5.69 Å². The summed E-state index contributed by atoms with van der Waals surface area (Å²) in [4.78, 5) is 12.7. The monoisotopic (exact) mass is 411 g/mol. The molecule has 1 heterocycles. The molecule has 1 saturated heterocycles. The number of aryl methyl sites for hydroxylation is 1. The van der Waals surface area contributed by atoms with Crippen LogP contribution in [-0.4, -0.2) is 49.2 Å². The Morgan fingerprint density at radius 1 is 1.11 bits per heavy atom. The number of sulfonamides is 1. The molecule has 2 aromatic carbocycles. The predicted octanol–water partition coefficient (Wildman–Crippen LogP) is 3.00. The number of nitro benzene ring substituents is 1. The van der Waals surface area contributed by atoms with E-state index in [0.29, 0.717) is 25.2 Å². The lowest BCUT2D eigenvalue weighted by atomic mass is 10.1. The summed E-state index contributed by atoms with van der Waals surface area (Å²) >= 11 is 0. The van der Waals surface area contributed by atoms with Gasteiger partial charge in [-0.05, 0) is 25.6 Å². The molecule has 146 valence electrons. The highest BCUT2D eigenvalue weighted by Crippen LogP contribution is 2.32. The third kappa shape index (κ3) is 4.30. The van der Waals surface area contributed by atoms with Gasteiger partial charge in [-0.3, -0.25) is 10.1 Å². The van der Waals surface area contributed by atoms with Crippen LogP contribution in [0.5, 0.6) is 0 Å². The van der Waals surface area contributed by atoms with Gasteiger partial charge < -0.3 is 4.90 Å². The zero-order chi connectivity index (χ0) is 18.9. The van der Waals surface area contributed by atoms with Crippen LogP contribution in [0.1, 0.15) is 17.2 Å². The highest BCUT2D eigenvalue weighted by atomic mass is 35.5. The summed E-state index contributed by atoms with van der Waals surface area (Å²) in [7, 11) is -1.90. The second kappa shape index (κ2) is 8.35. The minimum Gasteiger partial charge on any atom is -0.303 e. The van der Waals surface area contributed by atoms with E-state index in [4.69, 9.17) is 0 Å². The van der Waals surface area contributed by atoms with Crippen LogP contribution in [0, 0.1) is 17.0 Å². The number of benzene rings is 2. The molecule has 0 N–H and O–H groups in total. The Hall–Kier alpha value is -2.00. The van der Waals surface area contributed by atoms with E-state index in [9.17, 15) is 18.5 Å². The van der Waals surface area contributed by atoms with Crippen LogP contribution >= 0.6 is 12.4 Å². The van der Waals surface area contributed by atoms with Crippen LogP contribution in [0.3, 0.4) is 0 Å². The minimum absolute atomic E-state index is 0. The molecule has 27 heavy (non-hydrogen) atoms. The minimum atomic E-state index is -3.85. The van der Waals surface area contributed by atoms with E-state index in [1.807, 2.05) is 37.4 Å². The molecular formula is C18H22ClN3O4S. The number of halogens is 1. The largest absolute Gasteiger partial charge is 0.303 e. The van der Waals surface area contributed by atoms with Gasteiger partial charge in [0.05, 0.1) is 15.9 Å². The van der Waals surface area contributed by atoms with E-state index in [0.717, 1.165) is 11.6 Å². The lowest BCUT2D eigenvalue weighted by molar-refractivity contribution is -0.385. The van der Waals surface area contributed by atoms with Gasteiger partial charge in [-0.1, -0.05) is 36.4 Å². The van der Waals surface area contributed by atoms with Gasteiger partial charge in [0, 0.05) is 31.3 Å². The second-order valence-corrected chi connectivity index (χ2v) is 8.40. The molecule has 0 saturated carbocycles. The molecule has 1 fully saturated rings. The van der Waals surface area contributed by atoms with Crippen molar-refractivity contribution in [1.82, 2.24) is 9.21 Å². The molecule has 7 nitrogen and oxygen atoms in total. The van der Waals surface area contributed by atoms with Crippen LogP contribution in [0.15, 0.2) is 53.4 Å². The molecule has 1 unspecified atom stereocenters. The van der Waals surface area contributed by atoms with E-state index in [1.165, 1.54) is 16.4 Å². The first-order chi connectivity index (χ1) is 12.3. The lowest BCUT2D eigenvalue weighted by Gasteiger charge is -2.39. The molecule has 0 aromatic heterocycles. The SMILES string of the molecule is Cc1ccc(S(=O)(=O)N2CCN(C)CC2c2ccccc2)cc1[N+](=O)[O-].Cl. The molecule has 9 heteroatoms. The molecule has 3 rings (SSSR count). The van der Waals surface area contributed by atoms with Gasteiger partial charge in [0.25, 0.3) is 5.69 Å². The van der Waals surface area contributed by atoms with Crippen LogP contribution < -0.4 is 0 Å². The molecule has 1 aliphatic rings. The van der Waals surface area contributed by atoms with Gasteiger partial charge in [-0.15, -0.1) is 12.4 Å². The third-order valence-electron chi connectivity index (χ3n) is 4.70. The van der Waals surface area contributed by atoms with Crippen molar-refractivity contribution in [3.05, 3.63) is 69.8 Å². The molecule has 0 bridgehead atoms. The maximum Gasteiger partial charge on any atom is 0.273 e. The van der Waals surface area contributed by atoms with Crippen molar-refractivity contribution >= 4 is 28.1 Å². The number of nitrogens with zero attached hydrogens (tertiary/aromatic N) is 3. The smallest absolute Gasteiger partial charge is 0.273 e. The summed E-state index contributed by atoms with van der Waals surface area (Å²) in [6, 6.07) is 13.2. The van der Waals surface area contributed by atoms with Crippen molar-refractivity contribution < 1.29 is 13.3 Å². The molecule has 0 spiro atoms. The van der Waals surface area contributed by atoms with Crippen molar-refractivity contribution in [2.24, 2.45) is 0 Å². The Balaban J connectivity index is 0.00000261. The van der Waals surface area contributed by atoms with Gasteiger partial charge in [0.1, 0.15) is 0 Å². The second-order valence-electron chi connectivity index (χ2n) is 6.51. The maximum atomic E-state index is 13.2. The molecule has 1 atom stereocenters. The maximum absolute atomic E-state index is 13.2. The Morgan fingerprint density at radius 3 is 2.41 bits per heavy atom. The number of rotatable bonds is 4. The van der Waals surface area contributed by atoms with Crippen molar-refractivity contribution in [2.45, 2.75) is 17.9 Å². The van der Waals surface area contributed by atoms with Crippen LogP contribution in [0.25, 0.3) is 0 Å². The normalized spacial score (nSPS) is 18.7. The Bertz CT molecular complexity index is 921. The molecule has 0 aliphatic carbocycles. The van der Waals surface area contributed by atoms with Crippen molar-refractivity contribution in [3.63, 3.8) is 0 Å². The van der Waals surface area contributed by atoms with Gasteiger partial charge in [-0.2, -0.15) is 4.31 Å². The molecular weight excluding hydrogens is 390 g/mol. The third-order valence-corrected chi connectivity index (χ3v) is 6.61. The van der Waals surface area contributed by atoms with Gasteiger partial charge in [0.2, 0.25) is 10.0 Å². The number of nitro groups is 1. The fourth-order valence-corrected chi connectivity index (χ4v) is 4.84. The summed E-state index contributed by atoms with van der Waals surface area (Å²) in [6.45, 7) is 3.10. The van der Waals surface area contributed by atoms with Gasteiger partial charge >= 0.3 is 0 Å². The standard InChI is InChI=1S/C18H21N3O4S.ClH/c1-14-8-9-16(12-17(14)21(22)23)26(24,25)20-11-10-19(2)13-18(20)15-6-4-3-5-7-15;/h3-9,12,18H,10-11,13H2,1-2H3;1H. The number of hydrogen-bond donors (Lipinski definition) is 0. The molecule has 1 aliphatic heterocycles. The highest BCUT2D eigenvalue weighted by Gasteiger charge is 2.36. The van der Waals surface area contributed by atoms with E-state index in [1.54, 1.807) is 6.92 Å². The molecule has 0 amide bonds. The summed E-state index contributed by atoms with van der Waals surface area (Å²) in [5, 5.41) is 11.2. The number of piperazine rings is 1. The van der Waals surface area contributed by atoms with Gasteiger partial charge in [-0.25, -0.2) is 8.42 Å². The van der Waals surface area contributed by atoms with Crippen LogP contribution in [0.2, 0.25) is 0 Å². The van der Waals surface area contributed by atoms with Crippen LogP contribution in [-0.2, 0) is 10.0 Å². The zero-order valence-electron chi connectivity index (χ0n) is 15.1. The fourth-order valence-electron chi connectivity index (χ4n) is 3.22. The summed E-state index contributed by atoms with van der Waals surface area (Å²) in [5.74, 6) is 0. The van der Waals surface area contributed by atoms with Crippen molar-refractivity contribution in [1.29, 1.82) is 0 Å². The number of hydrogen-bond acceptors (Lipinski definition) is 5. The average molecular weight is 412 g/mol. The topological polar surface area (TPSA) is 83.8 Å². The Labute approximate surface area is 165 Å². The summed E-state index contributed by atoms with van der Waals surface area (Å²) in [6.07, 6.45) is 0. The first-order valence-electron chi connectivity index (χ1n) is 8.31. The lowest BCUT2D eigenvalue weighted by Crippen LogP contribution is -2.49. The van der Waals surface area contributed by atoms with E-state index in [-0.39, 0.29) is 29.0 Å². The van der Waals surface area contributed by atoms with Crippen molar-refractivity contribution in [2.75, 3.05) is 26.7 Å². The summed E-state index contributed by atoms with van der Waals surface area (Å²) in [5.41, 5.74) is 1.16. The first-order valence-corrected chi connectivity index (χ1v) is 9.75. The Kier molecular flexibility index (Phi) is 6.59. The van der Waals surface area contributed by atoms with E-state index in [2.05, 4.69) is 4.90 Å². The Morgan fingerprint density at radius 2 is 1.78 bits per heavy atom. The zero-order valence-corrected chi connectivity index (χ0v) is 16.7. The first kappa shape index (κ1) is 21.3. The van der Waals surface area contributed by atoms with Crippen molar-refractivity contribution in [3.8, 4) is 0 Å². The molecule has 0 radical (unpaired) electrons. The summed E-state index contributed by atoms with van der Waals surface area (Å²) < 4.78 is 28.0.